The van der Waals surface area contributed by atoms with Crippen LogP contribution in [0.1, 0.15) is 67.3 Å². The number of rotatable bonds is 6. The summed E-state index contributed by atoms with van der Waals surface area (Å²) < 4.78 is 0. The van der Waals surface area contributed by atoms with Crippen molar-refractivity contribution in [3.05, 3.63) is 77.9 Å². The highest BCUT2D eigenvalue weighted by Gasteiger charge is 2.30. The van der Waals surface area contributed by atoms with E-state index in [9.17, 15) is 9.90 Å². The van der Waals surface area contributed by atoms with E-state index in [1.165, 1.54) is 41.3 Å². The van der Waals surface area contributed by atoms with Crippen molar-refractivity contribution >= 4 is 22.4 Å². The lowest BCUT2D eigenvalue weighted by atomic mass is 9.80. The second kappa shape index (κ2) is 10.2. The van der Waals surface area contributed by atoms with Crippen molar-refractivity contribution in [3.8, 4) is 0 Å². The molecule has 1 aliphatic heterocycles. The van der Waals surface area contributed by atoms with Crippen LogP contribution in [0.15, 0.2) is 66.7 Å². The van der Waals surface area contributed by atoms with Gasteiger partial charge in [-0.1, -0.05) is 55.0 Å². The fourth-order valence-corrected chi connectivity index (χ4v) is 6.19. The number of hydrogen-bond donors (Lipinski definition) is 1. The van der Waals surface area contributed by atoms with Crippen molar-refractivity contribution in [3.63, 3.8) is 0 Å². The van der Waals surface area contributed by atoms with Gasteiger partial charge in [0.25, 0.3) is 5.91 Å². The number of carbonyl (C=O) groups is 1. The van der Waals surface area contributed by atoms with Gasteiger partial charge in [0.15, 0.2) is 0 Å². The Hall–Kier alpha value is -2.85. The quantitative estimate of drug-likeness (QED) is 0.495. The smallest absolute Gasteiger partial charge is 0.254 e. The molecule has 1 saturated heterocycles. The Morgan fingerprint density at radius 3 is 2.56 bits per heavy atom. The molecule has 0 radical (unpaired) electrons. The van der Waals surface area contributed by atoms with Crippen molar-refractivity contribution in [2.24, 2.45) is 0 Å². The lowest BCUT2D eigenvalue weighted by Gasteiger charge is -2.39. The zero-order valence-corrected chi connectivity index (χ0v) is 20.2. The van der Waals surface area contributed by atoms with E-state index in [1.54, 1.807) is 0 Å². The summed E-state index contributed by atoms with van der Waals surface area (Å²) in [6, 6.07) is 24.2. The molecule has 1 heterocycles. The lowest BCUT2D eigenvalue weighted by Crippen LogP contribution is -2.38. The molecule has 0 bridgehead atoms. The summed E-state index contributed by atoms with van der Waals surface area (Å²) in [5.74, 6) is 0.571. The molecule has 1 saturated carbocycles. The van der Waals surface area contributed by atoms with Crippen molar-refractivity contribution in [1.29, 1.82) is 0 Å². The summed E-state index contributed by atoms with van der Waals surface area (Å²) in [4.78, 5) is 17.4. The van der Waals surface area contributed by atoms with Gasteiger partial charge in [0, 0.05) is 35.8 Å². The van der Waals surface area contributed by atoms with Gasteiger partial charge >= 0.3 is 0 Å². The van der Waals surface area contributed by atoms with Gasteiger partial charge in [0.2, 0.25) is 0 Å². The Labute approximate surface area is 203 Å². The first-order chi connectivity index (χ1) is 16.7. The van der Waals surface area contributed by atoms with Crippen LogP contribution in [0.2, 0.25) is 0 Å². The topological polar surface area (TPSA) is 43.8 Å². The molecular formula is C30H36N2O2. The van der Waals surface area contributed by atoms with Crippen LogP contribution in [0.3, 0.4) is 0 Å². The Bertz CT molecular complexity index is 1120. The Morgan fingerprint density at radius 2 is 1.76 bits per heavy atom. The third-order valence-corrected chi connectivity index (χ3v) is 7.98. The maximum absolute atomic E-state index is 13.0. The van der Waals surface area contributed by atoms with E-state index in [2.05, 4.69) is 66.4 Å². The second-order valence-corrected chi connectivity index (χ2v) is 9.90. The minimum Gasteiger partial charge on any atom is -0.394 e. The van der Waals surface area contributed by atoms with Crippen LogP contribution in [-0.4, -0.2) is 47.7 Å². The molecule has 3 aromatic rings. The number of anilines is 1. The standard InChI is InChI=1S/C30H36N2O2/c1-2-31(29-14-6-9-23-8-3-4-13-28(23)29)26-11-5-10-25(20-26)22-15-17-24(18-16-22)30(34)32-19-7-12-27(32)21-33/h3-4,6,8-9,13-18,25-27,33H,2,5,7,10-12,19-21H2,1H3. The van der Waals surface area contributed by atoms with Gasteiger partial charge in [0.05, 0.1) is 12.6 Å². The summed E-state index contributed by atoms with van der Waals surface area (Å²) >= 11 is 0. The van der Waals surface area contributed by atoms with Gasteiger partial charge in [0.1, 0.15) is 0 Å². The molecule has 3 aromatic carbocycles. The molecule has 178 valence electrons. The molecule has 2 fully saturated rings. The molecule has 0 aromatic heterocycles. The summed E-state index contributed by atoms with van der Waals surface area (Å²) in [7, 11) is 0. The maximum Gasteiger partial charge on any atom is 0.254 e. The van der Waals surface area contributed by atoms with Crippen molar-refractivity contribution in [1.82, 2.24) is 4.90 Å². The first-order valence-corrected chi connectivity index (χ1v) is 13.0. The molecule has 4 nitrogen and oxygen atoms in total. The fourth-order valence-electron chi connectivity index (χ4n) is 6.19. The monoisotopic (exact) mass is 456 g/mol. The molecular weight excluding hydrogens is 420 g/mol. The molecule has 34 heavy (non-hydrogen) atoms. The van der Waals surface area contributed by atoms with Crippen LogP contribution >= 0.6 is 0 Å². The fraction of sp³-hybridized carbons (Fsp3) is 0.433. The molecule has 1 N–H and O–H groups in total. The van der Waals surface area contributed by atoms with Crippen molar-refractivity contribution in [2.75, 3.05) is 24.6 Å². The summed E-state index contributed by atoms with van der Waals surface area (Å²) in [5, 5.41) is 12.2. The first kappa shape index (κ1) is 22.9. The molecule has 2 aliphatic rings. The van der Waals surface area contributed by atoms with Crippen molar-refractivity contribution in [2.45, 2.75) is 63.5 Å². The van der Waals surface area contributed by atoms with E-state index in [-0.39, 0.29) is 18.6 Å². The Kier molecular flexibility index (Phi) is 6.87. The van der Waals surface area contributed by atoms with E-state index in [1.807, 2.05) is 17.0 Å². The normalized spacial score (nSPS) is 22.8. The molecule has 3 atom stereocenters. The number of hydrogen-bond acceptors (Lipinski definition) is 3. The predicted molar refractivity (Wildman–Crippen MR) is 140 cm³/mol. The van der Waals surface area contributed by atoms with Crippen LogP contribution in [0.5, 0.6) is 0 Å². The highest BCUT2D eigenvalue weighted by atomic mass is 16.3. The molecule has 5 rings (SSSR count). The van der Waals surface area contributed by atoms with Gasteiger partial charge in [-0.3, -0.25) is 4.79 Å². The highest BCUT2D eigenvalue weighted by Crippen LogP contribution is 2.38. The third-order valence-electron chi connectivity index (χ3n) is 7.98. The van der Waals surface area contributed by atoms with E-state index >= 15 is 0 Å². The average Bonchev–Trinajstić information content (AvgIpc) is 3.38. The van der Waals surface area contributed by atoms with Crippen molar-refractivity contribution < 1.29 is 9.90 Å². The average molecular weight is 457 g/mol. The number of fused-ring (bicyclic) bond motifs is 1. The Morgan fingerprint density at radius 1 is 0.971 bits per heavy atom. The summed E-state index contributed by atoms with van der Waals surface area (Å²) in [6.07, 6.45) is 6.67. The van der Waals surface area contributed by atoms with Crippen LogP contribution in [-0.2, 0) is 0 Å². The second-order valence-electron chi connectivity index (χ2n) is 9.90. The number of likely N-dealkylation sites (tertiary alicyclic amines) is 1. The number of aliphatic hydroxyl groups is 1. The number of carbonyl (C=O) groups excluding carboxylic acids is 1. The van der Waals surface area contributed by atoms with Gasteiger partial charge in [-0.25, -0.2) is 0 Å². The van der Waals surface area contributed by atoms with Gasteiger partial charge < -0.3 is 14.9 Å². The van der Waals surface area contributed by atoms with E-state index in [4.69, 9.17) is 0 Å². The molecule has 1 aliphatic carbocycles. The molecule has 1 amide bonds. The zero-order valence-electron chi connectivity index (χ0n) is 20.2. The van der Waals surface area contributed by atoms with Crippen LogP contribution in [0.4, 0.5) is 5.69 Å². The highest BCUT2D eigenvalue weighted by molar-refractivity contribution is 5.95. The minimum atomic E-state index is -0.0274. The van der Waals surface area contributed by atoms with Gasteiger partial charge in [-0.15, -0.1) is 0 Å². The van der Waals surface area contributed by atoms with Crippen LogP contribution in [0.25, 0.3) is 10.8 Å². The maximum atomic E-state index is 13.0. The Balaban J connectivity index is 1.32. The number of benzene rings is 3. The predicted octanol–water partition coefficient (Wildman–Crippen LogP) is 5.99. The largest absolute Gasteiger partial charge is 0.394 e. The lowest BCUT2D eigenvalue weighted by molar-refractivity contribution is 0.0677. The molecule has 3 unspecified atom stereocenters. The van der Waals surface area contributed by atoms with Crippen LogP contribution in [0, 0.1) is 0 Å². The van der Waals surface area contributed by atoms with E-state index < -0.39 is 0 Å². The first-order valence-electron chi connectivity index (χ1n) is 13.0. The van der Waals surface area contributed by atoms with Gasteiger partial charge in [-0.05, 0) is 74.1 Å². The van der Waals surface area contributed by atoms with E-state index in [0.29, 0.717) is 12.0 Å². The minimum absolute atomic E-state index is 0.0274. The zero-order chi connectivity index (χ0) is 23.5. The van der Waals surface area contributed by atoms with Gasteiger partial charge in [-0.2, -0.15) is 0 Å². The van der Waals surface area contributed by atoms with Crippen LogP contribution < -0.4 is 4.90 Å². The summed E-state index contributed by atoms with van der Waals surface area (Å²) in [6.45, 7) is 4.07. The van der Waals surface area contributed by atoms with E-state index in [0.717, 1.165) is 37.9 Å². The molecule has 4 heteroatoms. The molecule has 0 spiro atoms. The summed E-state index contributed by atoms with van der Waals surface area (Å²) in [5.41, 5.74) is 3.42. The number of amides is 1. The third kappa shape index (κ3) is 4.44. The number of nitrogens with zero attached hydrogens (tertiary/aromatic N) is 2. The SMILES string of the molecule is CCN(c1cccc2ccccc12)C1CCCC(c2ccc(C(=O)N3CCCC3CO)cc2)C1. The number of aliphatic hydroxyl groups excluding tert-OH is 1.